The minimum absolute atomic E-state index is 0.241. The molecule has 0 aliphatic heterocycles. The summed E-state index contributed by atoms with van der Waals surface area (Å²) in [5.41, 5.74) is 0.995. The molecule has 0 saturated carbocycles. The zero-order valence-corrected chi connectivity index (χ0v) is 15.5. The lowest BCUT2D eigenvalue weighted by atomic mass is 10.2. The number of carbonyl (C=O) groups excluding carboxylic acids is 1. The van der Waals surface area contributed by atoms with E-state index in [2.05, 4.69) is 15.2 Å². The van der Waals surface area contributed by atoms with Crippen molar-refractivity contribution in [3.8, 4) is 0 Å². The Labute approximate surface area is 155 Å². The SMILES string of the molecule is CCOC(=O)CCc1nnc(Sc2nc3ccc(C(=O)O)cc3s2)s1. The molecule has 0 aliphatic carbocycles. The molecule has 7 nitrogen and oxygen atoms in total. The third-order valence-corrected chi connectivity index (χ3v) is 6.20. The van der Waals surface area contributed by atoms with Crippen LogP contribution in [0.5, 0.6) is 0 Å². The first-order valence-corrected chi connectivity index (χ1v) is 9.80. The molecule has 0 saturated heterocycles. The number of carboxylic acid groups (broad SMARTS) is 1. The van der Waals surface area contributed by atoms with Crippen LogP contribution in [0.15, 0.2) is 26.9 Å². The highest BCUT2D eigenvalue weighted by Crippen LogP contribution is 2.36. The van der Waals surface area contributed by atoms with Crippen LogP contribution >= 0.6 is 34.4 Å². The highest BCUT2D eigenvalue weighted by Gasteiger charge is 2.13. The van der Waals surface area contributed by atoms with Gasteiger partial charge < -0.3 is 9.84 Å². The van der Waals surface area contributed by atoms with Crippen molar-refractivity contribution in [2.75, 3.05) is 6.61 Å². The number of aromatic nitrogens is 3. The largest absolute Gasteiger partial charge is 0.478 e. The van der Waals surface area contributed by atoms with Gasteiger partial charge >= 0.3 is 11.9 Å². The number of fused-ring (bicyclic) bond motifs is 1. The summed E-state index contributed by atoms with van der Waals surface area (Å²) in [6.07, 6.45) is 0.783. The van der Waals surface area contributed by atoms with Gasteiger partial charge in [0.2, 0.25) is 0 Å². The molecule has 0 spiro atoms. The van der Waals surface area contributed by atoms with E-state index < -0.39 is 5.97 Å². The van der Waals surface area contributed by atoms with Gasteiger partial charge in [0.05, 0.1) is 28.8 Å². The number of hydrogen-bond donors (Lipinski definition) is 1. The van der Waals surface area contributed by atoms with Crippen molar-refractivity contribution in [2.45, 2.75) is 28.4 Å². The molecule has 3 aromatic rings. The molecule has 0 amide bonds. The van der Waals surface area contributed by atoms with Crippen LogP contribution in [-0.2, 0) is 16.0 Å². The fourth-order valence-corrected chi connectivity index (χ4v) is 5.18. The molecule has 3 rings (SSSR count). The third-order valence-electron chi connectivity index (χ3n) is 3.09. The molecule has 0 bridgehead atoms. The van der Waals surface area contributed by atoms with Gasteiger partial charge in [-0.1, -0.05) is 11.3 Å². The minimum Gasteiger partial charge on any atom is -0.478 e. The Hall–Kier alpha value is -2.04. The smallest absolute Gasteiger partial charge is 0.335 e. The van der Waals surface area contributed by atoms with Gasteiger partial charge in [-0.25, -0.2) is 9.78 Å². The van der Waals surface area contributed by atoms with Crippen molar-refractivity contribution in [1.29, 1.82) is 0 Å². The number of ether oxygens (including phenoxy) is 1. The van der Waals surface area contributed by atoms with Gasteiger partial charge in [0.25, 0.3) is 0 Å². The zero-order valence-electron chi connectivity index (χ0n) is 13.1. The Kier molecular flexibility index (Phi) is 5.61. The molecule has 0 fully saturated rings. The second-order valence-electron chi connectivity index (χ2n) is 4.84. The maximum Gasteiger partial charge on any atom is 0.335 e. The number of nitrogens with zero attached hydrogens (tertiary/aromatic N) is 3. The Morgan fingerprint density at radius 1 is 1.24 bits per heavy atom. The van der Waals surface area contributed by atoms with Crippen LogP contribution in [0.4, 0.5) is 0 Å². The fourth-order valence-electron chi connectivity index (χ4n) is 1.98. The number of rotatable bonds is 7. The van der Waals surface area contributed by atoms with Gasteiger partial charge in [-0.3, -0.25) is 4.79 Å². The average molecular weight is 395 g/mol. The highest BCUT2D eigenvalue weighted by molar-refractivity contribution is 8.02. The lowest BCUT2D eigenvalue weighted by molar-refractivity contribution is -0.143. The fraction of sp³-hybridized carbons (Fsp3) is 0.267. The number of carboxylic acids is 1. The van der Waals surface area contributed by atoms with Crippen LogP contribution in [0.2, 0.25) is 0 Å². The summed E-state index contributed by atoms with van der Waals surface area (Å²) in [7, 11) is 0. The molecule has 0 unspecified atom stereocenters. The predicted molar refractivity (Wildman–Crippen MR) is 95.6 cm³/mol. The number of benzene rings is 1. The van der Waals surface area contributed by atoms with E-state index in [1.807, 2.05) is 0 Å². The number of esters is 1. The zero-order chi connectivity index (χ0) is 17.8. The molecule has 2 aromatic heterocycles. The lowest BCUT2D eigenvalue weighted by Crippen LogP contribution is -2.04. The van der Waals surface area contributed by atoms with Crippen molar-refractivity contribution in [3.05, 3.63) is 28.8 Å². The lowest BCUT2D eigenvalue weighted by Gasteiger charge is -1.98. The first kappa shape index (κ1) is 17.8. The van der Waals surface area contributed by atoms with E-state index in [0.29, 0.717) is 13.0 Å². The quantitative estimate of drug-likeness (QED) is 0.607. The Morgan fingerprint density at radius 3 is 2.84 bits per heavy atom. The van der Waals surface area contributed by atoms with E-state index in [9.17, 15) is 9.59 Å². The van der Waals surface area contributed by atoms with Crippen molar-refractivity contribution < 1.29 is 19.4 Å². The van der Waals surface area contributed by atoms with E-state index in [1.54, 1.807) is 19.1 Å². The molecule has 1 aromatic carbocycles. The van der Waals surface area contributed by atoms with Crippen LogP contribution in [0, 0.1) is 0 Å². The topological polar surface area (TPSA) is 102 Å². The molecule has 1 N–H and O–H groups in total. The van der Waals surface area contributed by atoms with Crippen LogP contribution < -0.4 is 0 Å². The molecule has 10 heteroatoms. The van der Waals surface area contributed by atoms with Crippen molar-refractivity contribution >= 4 is 56.6 Å². The molecule has 25 heavy (non-hydrogen) atoms. The molecular weight excluding hydrogens is 382 g/mol. The van der Waals surface area contributed by atoms with E-state index >= 15 is 0 Å². The summed E-state index contributed by atoms with van der Waals surface area (Å²) in [5, 5.41) is 18.0. The average Bonchev–Trinajstić information content (AvgIpc) is 3.18. The van der Waals surface area contributed by atoms with Crippen molar-refractivity contribution in [1.82, 2.24) is 15.2 Å². The number of aryl methyl sites for hydroxylation is 1. The van der Waals surface area contributed by atoms with E-state index in [4.69, 9.17) is 9.84 Å². The standard InChI is InChI=1S/C15H13N3O4S3/c1-2-22-12(19)6-5-11-17-18-15(24-11)25-14-16-9-4-3-8(13(20)21)7-10(9)23-14/h3-4,7H,2,5-6H2,1H3,(H,20,21). The second-order valence-corrected chi connectivity index (χ2v) is 8.42. The number of hydrogen-bond acceptors (Lipinski definition) is 9. The first-order valence-electron chi connectivity index (χ1n) is 7.35. The van der Waals surface area contributed by atoms with Crippen LogP contribution in [0.25, 0.3) is 10.2 Å². The van der Waals surface area contributed by atoms with Crippen LogP contribution in [0.1, 0.15) is 28.7 Å². The number of aromatic carboxylic acids is 1. The summed E-state index contributed by atoms with van der Waals surface area (Å²) in [5.74, 6) is -1.20. The Bertz CT molecular complexity index is 922. The summed E-state index contributed by atoms with van der Waals surface area (Å²) < 4.78 is 7.20. The second kappa shape index (κ2) is 7.89. The third kappa shape index (κ3) is 4.53. The normalized spacial score (nSPS) is 10.9. The van der Waals surface area contributed by atoms with E-state index in [1.165, 1.54) is 40.5 Å². The summed E-state index contributed by atoms with van der Waals surface area (Å²) >= 11 is 4.20. The van der Waals surface area contributed by atoms with E-state index in [-0.39, 0.29) is 18.0 Å². The highest BCUT2D eigenvalue weighted by atomic mass is 32.2. The van der Waals surface area contributed by atoms with Gasteiger partial charge in [0.15, 0.2) is 8.68 Å². The molecule has 2 heterocycles. The molecular formula is C15H13N3O4S3. The Balaban J connectivity index is 1.67. The van der Waals surface area contributed by atoms with Gasteiger partial charge in [-0.05, 0) is 36.9 Å². The first-order chi connectivity index (χ1) is 12.0. The van der Waals surface area contributed by atoms with Gasteiger partial charge in [-0.15, -0.1) is 21.5 Å². The van der Waals surface area contributed by atoms with Crippen LogP contribution in [0.3, 0.4) is 0 Å². The molecule has 130 valence electrons. The summed E-state index contributed by atoms with van der Waals surface area (Å²) in [6, 6.07) is 4.85. The number of thiazole rings is 1. The van der Waals surface area contributed by atoms with E-state index in [0.717, 1.165) is 23.9 Å². The molecule has 0 aliphatic rings. The van der Waals surface area contributed by atoms with Crippen molar-refractivity contribution in [3.63, 3.8) is 0 Å². The summed E-state index contributed by atoms with van der Waals surface area (Å²) in [6.45, 7) is 2.15. The maximum atomic E-state index is 11.4. The van der Waals surface area contributed by atoms with Crippen LogP contribution in [-0.4, -0.2) is 38.8 Å². The molecule has 0 atom stereocenters. The van der Waals surface area contributed by atoms with Gasteiger partial charge in [0, 0.05) is 6.42 Å². The van der Waals surface area contributed by atoms with Gasteiger partial charge in [0.1, 0.15) is 5.01 Å². The monoisotopic (exact) mass is 395 g/mol. The number of carbonyl (C=O) groups is 2. The predicted octanol–water partition coefficient (Wildman–Crippen LogP) is 3.49. The van der Waals surface area contributed by atoms with Crippen molar-refractivity contribution in [2.24, 2.45) is 0 Å². The summed E-state index contributed by atoms with van der Waals surface area (Å²) in [4.78, 5) is 26.9. The maximum absolute atomic E-state index is 11.4. The van der Waals surface area contributed by atoms with Gasteiger partial charge in [-0.2, -0.15) is 0 Å². The Morgan fingerprint density at radius 2 is 2.08 bits per heavy atom. The molecule has 0 radical (unpaired) electrons. The minimum atomic E-state index is -0.958.